The van der Waals surface area contributed by atoms with Gasteiger partial charge in [0.25, 0.3) is 0 Å². The van der Waals surface area contributed by atoms with Gasteiger partial charge in [0.05, 0.1) is 32.3 Å². The third-order valence-corrected chi connectivity index (χ3v) is 7.29. The molecule has 0 saturated heterocycles. The Morgan fingerprint density at radius 2 is 2.05 bits per heavy atom. The Labute approximate surface area is 243 Å². The smallest absolute Gasteiger partial charge is 0.230 e. The Morgan fingerprint density at radius 3 is 2.81 bits per heavy atom. The van der Waals surface area contributed by atoms with Crippen LogP contribution in [0.2, 0.25) is 0 Å². The Balaban J connectivity index is 1.20. The number of amides is 1. The molecular formula is C30H36FN7O4. The van der Waals surface area contributed by atoms with Crippen LogP contribution in [0.1, 0.15) is 31.4 Å². The topological polar surface area (TPSA) is 138 Å². The third kappa shape index (κ3) is 7.71. The van der Waals surface area contributed by atoms with Crippen LogP contribution < -0.4 is 20.1 Å². The zero-order chi connectivity index (χ0) is 29.3. The van der Waals surface area contributed by atoms with Crippen molar-refractivity contribution in [1.29, 1.82) is 0 Å². The van der Waals surface area contributed by atoms with Crippen LogP contribution >= 0.6 is 0 Å². The number of fused-ring (bicyclic) bond motifs is 1. The maximum Gasteiger partial charge on any atom is 0.230 e. The lowest BCUT2D eigenvalue weighted by Gasteiger charge is -2.32. The van der Waals surface area contributed by atoms with Crippen molar-refractivity contribution in [2.45, 2.75) is 32.1 Å². The molecule has 1 saturated carbocycles. The van der Waals surface area contributed by atoms with Gasteiger partial charge in [-0.1, -0.05) is 12.5 Å². The number of aliphatic hydroxyl groups is 1. The number of carbonyl (C=O) groups excluding carboxylic acids is 1. The molecule has 0 atom stereocenters. The summed E-state index contributed by atoms with van der Waals surface area (Å²) in [6.07, 6.45) is 6.18. The van der Waals surface area contributed by atoms with E-state index in [2.05, 4.69) is 35.7 Å². The summed E-state index contributed by atoms with van der Waals surface area (Å²) in [6, 6.07) is 11.1. The number of benzene rings is 2. The molecule has 222 valence electrons. The summed E-state index contributed by atoms with van der Waals surface area (Å²) in [6.45, 7) is 3.25. The number of nitrogens with one attached hydrogen (secondary N) is 3. The van der Waals surface area contributed by atoms with Crippen LogP contribution in [0.25, 0.3) is 10.9 Å². The highest BCUT2D eigenvalue weighted by Gasteiger charge is 2.20. The molecule has 4 N–H and O–H groups in total. The molecule has 11 nitrogen and oxygen atoms in total. The number of hydrogen-bond acceptors (Lipinski definition) is 9. The van der Waals surface area contributed by atoms with Crippen molar-refractivity contribution in [3.8, 4) is 11.5 Å². The van der Waals surface area contributed by atoms with Gasteiger partial charge in [-0.05, 0) is 49.4 Å². The lowest BCUT2D eigenvalue weighted by Crippen LogP contribution is -2.35. The van der Waals surface area contributed by atoms with E-state index < -0.39 is 5.82 Å². The average molecular weight is 578 g/mol. The lowest BCUT2D eigenvalue weighted by atomic mass is 9.85. The molecule has 1 aliphatic carbocycles. The summed E-state index contributed by atoms with van der Waals surface area (Å²) < 4.78 is 25.1. The Bertz CT molecular complexity index is 1490. The first kappa shape index (κ1) is 29.2. The van der Waals surface area contributed by atoms with E-state index in [0.717, 1.165) is 25.4 Å². The number of hydrogen-bond donors (Lipinski definition) is 4. The Hall–Kier alpha value is -4.29. The van der Waals surface area contributed by atoms with Crippen molar-refractivity contribution in [2.75, 3.05) is 50.6 Å². The van der Waals surface area contributed by atoms with Crippen molar-refractivity contribution in [1.82, 2.24) is 25.1 Å². The number of aromatic nitrogens is 4. The number of rotatable bonds is 15. The fraction of sp³-hybridized carbons (Fsp3) is 0.400. The molecule has 0 unspecified atom stereocenters. The van der Waals surface area contributed by atoms with Crippen LogP contribution in [-0.4, -0.2) is 76.0 Å². The van der Waals surface area contributed by atoms with Gasteiger partial charge in [-0.15, -0.1) is 0 Å². The van der Waals surface area contributed by atoms with Gasteiger partial charge in [-0.2, -0.15) is 5.10 Å². The average Bonchev–Trinajstić information content (AvgIpc) is 3.38. The van der Waals surface area contributed by atoms with E-state index in [1.807, 2.05) is 12.1 Å². The predicted molar refractivity (Wildman–Crippen MR) is 158 cm³/mol. The summed E-state index contributed by atoms with van der Waals surface area (Å²) in [5.74, 6) is 2.15. The van der Waals surface area contributed by atoms with Gasteiger partial charge in [0.1, 0.15) is 18.0 Å². The minimum absolute atomic E-state index is 0.0303. The maximum atomic E-state index is 13.4. The predicted octanol–water partition coefficient (Wildman–Crippen LogP) is 4.29. The number of halogens is 1. The number of H-pyrrole nitrogens is 1. The first-order chi connectivity index (χ1) is 20.5. The highest BCUT2D eigenvalue weighted by molar-refractivity contribution is 5.93. The minimum Gasteiger partial charge on any atom is -0.493 e. The van der Waals surface area contributed by atoms with E-state index in [1.54, 1.807) is 19.2 Å². The zero-order valence-electron chi connectivity index (χ0n) is 23.6. The molecule has 4 aromatic rings. The number of methoxy groups -OCH3 is 1. The van der Waals surface area contributed by atoms with E-state index in [-0.39, 0.29) is 18.9 Å². The van der Waals surface area contributed by atoms with E-state index in [4.69, 9.17) is 9.47 Å². The zero-order valence-corrected chi connectivity index (χ0v) is 23.6. The fourth-order valence-electron chi connectivity index (χ4n) is 4.96. The molecule has 2 aromatic heterocycles. The van der Waals surface area contributed by atoms with E-state index in [1.165, 1.54) is 43.8 Å². The van der Waals surface area contributed by atoms with Gasteiger partial charge < -0.3 is 30.1 Å². The second-order valence-corrected chi connectivity index (χ2v) is 10.4. The lowest BCUT2D eigenvalue weighted by molar-refractivity contribution is -0.115. The van der Waals surface area contributed by atoms with Crippen LogP contribution in [0.5, 0.6) is 11.5 Å². The normalized spacial score (nSPS) is 13.2. The van der Waals surface area contributed by atoms with Crippen LogP contribution in [0.15, 0.2) is 48.8 Å². The SMILES string of the molecule is COc1cc2c(Nc3cc(CC(=O)Nc4cccc(F)c4)[nH]n3)ncnc2cc1OCCCN(CCO)CC1CCC1. The molecule has 0 radical (unpaired) electrons. The highest BCUT2D eigenvalue weighted by Crippen LogP contribution is 2.35. The summed E-state index contributed by atoms with van der Waals surface area (Å²) in [5, 5.41) is 23.1. The van der Waals surface area contributed by atoms with Gasteiger partial charge in [0, 0.05) is 48.5 Å². The molecular weight excluding hydrogens is 541 g/mol. The van der Waals surface area contributed by atoms with Crippen molar-refractivity contribution in [3.63, 3.8) is 0 Å². The number of nitrogens with zero attached hydrogens (tertiary/aromatic N) is 4. The standard InChI is InChI=1S/C30H36FN7O4/c1-41-26-16-24-25(17-27(26)42-12-4-9-38(10-11-39)18-20-5-2-6-20)32-19-33-30(24)35-28-14-23(36-37-28)15-29(40)34-22-8-3-7-21(31)13-22/h3,7-8,13-14,16-17,19-20,39H,2,4-6,9-12,15,18H2,1H3,(H,34,40)(H2,32,33,35,36,37). The fourth-order valence-corrected chi connectivity index (χ4v) is 4.96. The Morgan fingerprint density at radius 1 is 1.17 bits per heavy atom. The molecule has 12 heteroatoms. The second kappa shape index (κ2) is 14.1. The van der Waals surface area contributed by atoms with Crippen molar-refractivity contribution >= 4 is 34.1 Å². The molecule has 1 aliphatic rings. The van der Waals surface area contributed by atoms with Gasteiger partial charge in [-0.3, -0.25) is 9.89 Å². The van der Waals surface area contributed by atoms with Crippen molar-refractivity contribution < 1.29 is 23.8 Å². The largest absolute Gasteiger partial charge is 0.493 e. The van der Waals surface area contributed by atoms with Gasteiger partial charge in [0.2, 0.25) is 5.91 Å². The van der Waals surface area contributed by atoms with Crippen LogP contribution in [0, 0.1) is 11.7 Å². The molecule has 2 heterocycles. The summed E-state index contributed by atoms with van der Waals surface area (Å²) in [5.41, 5.74) is 1.62. The highest BCUT2D eigenvalue weighted by atomic mass is 19.1. The number of aromatic amines is 1. The van der Waals surface area contributed by atoms with E-state index >= 15 is 0 Å². The molecule has 0 bridgehead atoms. The molecule has 5 rings (SSSR count). The Kier molecular flexibility index (Phi) is 9.78. The molecule has 1 amide bonds. The van der Waals surface area contributed by atoms with Crippen molar-refractivity contribution in [2.24, 2.45) is 5.92 Å². The third-order valence-electron chi connectivity index (χ3n) is 7.29. The van der Waals surface area contributed by atoms with Gasteiger partial charge in [0.15, 0.2) is 17.3 Å². The molecule has 42 heavy (non-hydrogen) atoms. The second-order valence-electron chi connectivity index (χ2n) is 10.4. The quantitative estimate of drug-likeness (QED) is 0.153. The molecule has 0 aliphatic heterocycles. The van der Waals surface area contributed by atoms with Crippen molar-refractivity contribution in [3.05, 3.63) is 60.3 Å². The number of anilines is 3. The monoisotopic (exact) mass is 577 g/mol. The molecule has 0 spiro atoms. The van der Waals surface area contributed by atoms with Crippen LogP contribution in [0.4, 0.5) is 21.7 Å². The van der Waals surface area contributed by atoms with Gasteiger partial charge >= 0.3 is 0 Å². The van der Waals surface area contributed by atoms with Gasteiger partial charge in [-0.25, -0.2) is 14.4 Å². The number of carbonyl (C=O) groups is 1. The van der Waals surface area contributed by atoms with E-state index in [0.29, 0.717) is 58.6 Å². The first-order valence-corrected chi connectivity index (χ1v) is 14.2. The summed E-state index contributed by atoms with van der Waals surface area (Å²) >= 11 is 0. The maximum absolute atomic E-state index is 13.4. The van der Waals surface area contributed by atoms with Crippen LogP contribution in [-0.2, 0) is 11.2 Å². The molecule has 1 fully saturated rings. The number of ether oxygens (including phenoxy) is 2. The summed E-state index contributed by atoms with van der Waals surface area (Å²) in [7, 11) is 1.58. The first-order valence-electron chi connectivity index (χ1n) is 14.2. The summed E-state index contributed by atoms with van der Waals surface area (Å²) in [4.78, 5) is 23.5. The van der Waals surface area contributed by atoms with E-state index in [9.17, 15) is 14.3 Å². The van der Waals surface area contributed by atoms with Crippen LogP contribution in [0.3, 0.4) is 0 Å². The molecule has 2 aromatic carbocycles. The minimum atomic E-state index is -0.423. The number of aliphatic hydroxyl groups excluding tert-OH is 1.